The van der Waals surface area contributed by atoms with Gasteiger partial charge in [-0.15, -0.1) is 35.3 Å². The number of aromatic nitrogens is 1. The first-order valence-electron chi connectivity index (χ1n) is 7.31. The van der Waals surface area contributed by atoms with Crippen LogP contribution >= 0.6 is 35.3 Å². The van der Waals surface area contributed by atoms with E-state index >= 15 is 0 Å². The monoisotopic (exact) mass is 424 g/mol. The van der Waals surface area contributed by atoms with E-state index in [1.54, 1.807) is 11.3 Å². The number of rotatable bonds is 5. The molecular formula is C14H25IN4OS. The van der Waals surface area contributed by atoms with Crippen LogP contribution in [0.1, 0.15) is 30.5 Å². The number of hydrogen-bond acceptors (Lipinski definition) is 4. The Kier molecular flexibility index (Phi) is 8.50. The van der Waals surface area contributed by atoms with Gasteiger partial charge in [0.25, 0.3) is 0 Å². The molecule has 0 saturated carbocycles. The molecule has 0 unspecified atom stereocenters. The Morgan fingerprint density at radius 2 is 2.43 bits per heavy atom. The number of thiazole rings is 1. The Labute approximate surface area is 147 Å². The van der Waals surface area contributed by atoms with Crippen LogP contribution in [-0.4, -0.2) is 53.2 Å². The molecule has 2 N–H and O–H groups in total. The van der Waals surface area contributed by atoms with Crippen LogP contribution in [0, 0.1) is 6.92 Å². The minimum atomic E-state index is -0.211. The van der Waals surface area contributed by atoms with Gasteiger partial charge in [-0.25, -0.2) is 4.98 Å². The molecule has 120 valence electrons. The minimum Gasteiger partial charge on any atom is -0.391 e. The van der Waals surface area contributed by atoms with Crippen molar-refractivity contribution in [3.63, 3.8) is 0 Å². The number of likely N-dealkylation sites (tertiary alicyclic amines) is 1. The van der Waals surface area contributed by atoms with Crippen LogP contribution in [0.2, 0.25) is 0 Å². The smallest absolute Gasteiger partial charge is 0.194 e. The molecule has 0 amide bonds. The normalized spacial score (nSPS) is 18.7. The van der Waals surface area contributed by atoms with Gasteiger partial charge in [0.2, 0.25) is 0 Å². The third-order valence-corrected chi connectivity index (χ3v) is 4.30. The van der Waals surface area contributed by atoms with Crippen molar-refractivity contribution in [3.05, 3.63) is 16.1 Å². The molecule has 0 radical (unpaired) electrons. The Morgan fingerprint density at radius 1 is 1.62 bits per heavy atom. The molecule has 2 rings (SSSR count). The number of aliphatic hydroxyl groups excluding tert-OH is 1. The zero-order valence-electron chi connectivity index (χ0n) is 12.7. The van der Waals surface area contributed by atoms with Crippen LogP contribution in [0.25, 0.3) is 0 Å². The molecule has 2 heterocycles. The Balaban J connectivity index is 0.00000220. The second-order valence-electron chi connectivity index (χ2n) is 5.11. The van der Waals surface area contributed by atoms with Crippen molar-refractivity contribution < 1.29 is 5.11 Å². The quantitative estimate of drug-likeness (QED) is 0.329. The summed E-state index contributed by atoms with van der Waals surface area (Å²) in [5.41, 5.74) is 1.10. The molecule has 1 aliphatic heterocycles. The van der Waals surface area contributed by atoms with Gasteiger partial charge in [-0.1, -0.05) is 0 Å². The molecule has 7 heteroatoms. The standard InChI is InChI=1S/C14H24N4OS.HI/c1-3-15-14(18-8-6-12(19)9-18)16-7-4-5-13-17-11(2)10-20-13;/h10,12,19H,3-9H2,1-2H3,(H,15,16);1H/t12-;/m1./s1. The van der Waals surface area contributed by atoms with E-state index in [1.807, 2.05) is 6.92 Å². The van der Waals surface area contributed by atoms with Gasteiger partial charge in [0.15, 0.2) is 5.96 Å². The molecular weight excluding hydrogens is 399 g/mol. The Bertz CT molecular complexity index is 452. The highest BCUT2D eigenvalue weighted by atomic mass is 127. The molecule has 1 fully saturated rings. The SMILES string of the molecule is CCNC(=NCCCc1nc(C)cs1)N1CC[C@@H](O)C1.I. The van der Waals surface area contributed by atoms with E-state index in [0.717, 1.165) is 50.6 Å². The summed E-state index contributed by atoms with van der Waals surface area (Å²) in [5.74, 6) is 0.930. The molecule has 1 atom stereocenters. The van der Waals surface area contributed by atoms with Gasteiger partial charge in [0, 0.05) is 43.7 Å². The first-order chi connectivity index (χ1) is 9.69. The number of halogens is 1. The Hall–Kier alpha value is -0.410. The highest BCUT2D eigenvalue weighted by molar-refractivity contribution is 14.0. The number of aliphatic imine (C=N–C) groups is 1. The second kappa shape index (κ2) is 9.58. The summed E-state index contributed by atoms with van der Waals surface area (Å²) in [5, 5.41) is 16.2. The van der Waals surface area contributed by atoms with Gasteiger partial charge in [0.1, 0.15) is 0 Å². The van der Waals surface area contributed by atoms with Gasteiger partial charge in [-0.2, -0.15) is 0 Å². The molecule has 5 nitrogen and oxygen atoms in total. The van der Waals surface area contributed by atoms with E-state index in [2.05, 4.69) is 32.5 Å². The molecule has 0 spiro atoms. The summed E-state index contributed by atoms with van der Waals surface area (Å²) in [6, 6.07) is 0. The maximum atomic E-state index is 9.61. The summed E-state index contributed by atoms with van der Waals surface area (Å²) in [6.45, 7) is 7.33. The molecule has 0 aromatic carbocycles. The number of nitrogens with zero attached hydrogens (tertiary/aromatic N) is 3. The molecule has 1 aliphatic rings. The fourth-order valence-corrected chi connectivity index (χ4v) is 3.11. The third kappa shape index (κ3) is 6.07. The number of aliphatic hydroxyl groups is 1. The van der Waals surface area contributed by atoms with Crippen molar-refractivity contribution in [2.24, 2.45) is 4.99 Å². The topological polar surface area (TPSA) is 60.8 Å². The molecule has 21 heavy (non-hydrogen) atoms. The summed E-state index contributed by atoms with van der Waals surface area (Å²) in [7, 11) is 0. The highest BCUT2D eigenvalue weighted by Gasteiger charge is 2.22. The fraction of sp³-hybridized carbons (Fsp3) is 0.714. The van der Waals surface area contributed by atoms with Crippen LogP contribution in [-0.2, 0) is 6.42 Å². The van der Waals surface area contributed by atoms with E-state index in [9.17, 15) is 5.11 Å². The maximum Gasteiger partial charge on any atom is 0.194 e. The number of guanidine groups is 1. The van der Waals surface area contributed by atoms with Crippen molar-refractivity contribution in [2.45, 2.75) is 39.2 Å². The highest BCUT2D eigenvalue weighted by Crippen LogP contribution is 2.11. The van der Waals surface area contributed by atoms with Gasteiger partial charge < -0.3 is 15.3 Å². The van der Waals surface area contributed by atoms with Crippen LogP contribution in [0.3, 0.4) is 0 Å². The van der Waals surface area contributed by atoms with Gasteiger partial charge in [-0.05, 0) is 26.7 Å². The average Bonchev–Trinajstić information content (AvgIpc) is 3.02. The van der Waals surface area contributed by atoms with Crippen LogP contribution in [0.5, 0.6) is 0 Å². The van der Waals surface area contributed by atoms with E-state index in [4.69, 9.17) is 0 Å². The minimum absolute atomic E-state index is 0. The summed E-state index contributed by atoms with van der Waals surface area (Å²) >= 11 is 1.73. The summed E-state index contributed by atoms with van der Waals surface area (Å²) < 4.78 is 0. The lowest BCUT2D eigenvalue weighted by atomic mass is 10.3. The van der Waals surface area contributed by atoms with Crippen LogP contribution < -0.4 is 5.32 Å². The molecule has 0 aliphatic carbocycles. The lowest BCUT2D eigenvalue weighted by Gasteiger charge is -2.20. The summed E-state index contributed by atoms with van der Waals surface area (Å²) in [4.78, 5) is 11.3. The molecule has 1 aromatic rings. The number of nitrogens with one attached hydrogen (secondary N) is 1. The zero-order valence-corrected chi connectivity index (χ0v) is 15.9. The van der Waals surface area contributed by atoms with Crippen molar-refractivity contribution in [1.29, 1.82) is 0 Å². The third-order valence-electron chi connectivity index (χ3n) is 3.27. The summed E-state index contributed by atoms with van der Waals surface area (Å²) in [6.07, 6.45) is 2.63. The zero-order chi connectivity index (χ0) is 14.4. The van der Waals surface area contributed by atoms with E-state index in [1.165, 1.54) is 5.01 Å². The lowest BCUT2D eigenvalue weighted by Crippen LogP contribution is -2.40. The van der Waals surface area contributed by atoms with Crippen LogP contribution in [0.4, 0.5) is 0 Å². The van der Waals surface area contributed by atoms with E-state index in [0.29, 0.717) is 6.54 Å². The van der Waals surface area contributed by atoms with Crippen LogP contribution in [0.15, 0.2) is 10.4 Å². The van der Waals surface area contributed by atoms with Crippen molar-refractivity contribution in [1.82, 2.24) is 15.2 Å². The van der Waals surface area contributed by atoms with Gasteiger partial charge >= 0.3 is 0 Å². The Morgan fingerprint density at radius 3 is 3.00 bits per heavy atom. The lowest BCUT2D eigenvalue weighted by molar-refractivity contribution is 0.188. The second-order valence-corrected chi connectivity index (χ2v) is 6.05. The van der Waals surface area contributed by atoms with E-state index in [-0.39, 0.29) is 30.1 Å². The maximum absolute atomic E-state index is 9.61. The van der Waals surface area contributed by atoms with E-state index < -0.39 is 0 Å². The molecule has 1 aromatic heterocycles. The number of hydrogen-bond donors (Lipinski definition) is 2. The van der Waals surface area contributed by atoms with Crippen molar-refractivity contribution in [3.8, 4) is 0 Å². The fourth-order valence-electron chi connectivity index (χ4n) is 2.29. The molecule has 0 bridgehead atoms. The first-order valence-corrected chi connectivity index (χ1v) is 8.19. The van der Waals surface area contributed by atoms with Crippen molar-refractivity contribution in [2.75, 3.05) is 26.2 Å². The first kappa shape index (κ1) is 18.6. The largest absolute Gasteiger partial charge is 0.391 e. The van der Waals surface area contributed by atoms with Crippen molar-refractivity contribution >= 4 is 41.3 Å². The number of aryl methyl sites for hydroxylation is 2. The average molecular weight is 424 g/mol. The van der Waals surface area contributed by atoms with Gasteiger partial charge in [-0.3, -0.25) is 4.99 Å². The van der Waals surface area contributed by atoms with Gasteiger partial charge in [0.05, 0.1) is 11.1 Å². The molecule has 1 saturated heterocycles. The number of β-amino-alcohol motifs (C(OH)–C–C–N with tert-alkyl or cyclic N) is 1. The predicted octanol–water partition coefficient (Wildman–Crippen LogP) is 2.03. The predicted molar refractivity (Wildman–Crippen MR) is 98.8 cm³/mol.